The second-order valence-electron chi connectivity index (χ2n) is 8.85. The lowest BCUT2D eigenvalue weighted by atomic mass is 9.94. The Hall–Kier alpha value is -3.70. The van der Waals surface area contributed by atoms with Gasteiger partial charge in [-0.05, 0) is 36.6 Å². The first kappa shape index (κ1) is 23.1. The predicted molar refractivity (Wildman–Crippen MR) is 122 cm³/mol. The lowest BCUT2D eigenvalue weighted by molar-refractivity contribution is -0.137. The van der Waals surface area contributed by atoms with Crippen LogP contribution in [0, 0.1) is 0 Å². The molecule has 3 heterocycles. The zero-order chi connectivity index (χ0) is 24.7. The molecule has 2 amide bonds. The SMILES string of the molecule is CC(=O)NCCNc1nc(C2C(=O)Nc3ccc(C(F)(F)F)cc32)c2cn(C3CCCC3)nc2n1. The van der Waals surface area contributed by atoms with Crippen LogP contribution in [0.5, 0.6) is 0 Å². The van der Waals surface area contributed by atoms with Crippen molar-refractivity contribution in [1.82, 2.24) is 25.1 Å². The number of nitrogens with one attached hydrogen (secondary N) is 3. The van der Waals surface area contributed by atoms with E-state index >= 15 is 0 Å². The Bertz CT molecular complexity index is 1300. The lowest BCUT2D eigenvalue weighted by Gasteiger charge is -2.14. The van der Waals surface area contributed by atoms with E-state index in [0.29, 0.717) is 29.8 Å². The number of alkyl halides is 3. The van der Waals surface area contributed by atoms with Crippen LogP contribution in [0.15, 0.2) is 24.4 Å². The molecule has 9 nitrogen and oxygen atoms in total. The summed E-state index contributed by atoms with van der Waals surface area (Å²) in [6, 6.07) is 3.42. The minimum atomic E-state index is -4.55. The average molecular weight is 487 g/mol. The summed E-state index contributed by atoms with van der Waals surface area (Å²) in [7, 11) is 0. The Labute approximate surface area is 198 Å². The Balaban J connectivity index is 1.59. The van der Waals surface area contributed by atoms with Crippen molar-refractivity contribution in [3.05, 3.63) is 41.2 Å². The zero-order valence-corrected chi connectivity index (χ0v) is 18.9. The molecule has 1 saturated carbocycles. The van der Waals surface area contributed by atoms with Crippen LogP contribution >= 0.6 is 0 Å². The van der Waals surface area contributed by atoms with Crippen LogP contribution < -0.4 is 16.0 Å². The van der Waals surface area contributed by atoms with Crippen LogP contribution in [-0.4, -0.2) is 44.7 Å². The van der Waals surface area contributed by atoms with Crippen molar-refractivity contribution in [3.8, 4) is 0 Å². The molecule has 12 heteroatoms. The number of anilines is 2. The maximum absolute atomic E-state index is 13.4. The fourth-order valence-electron chi connectivity index (χ4n) is 4.72. The standard InChI is InChI=1S/C23H24F3N7O2/c1-12(34)27-8-9-28-22-30-19(16-11-33(32-20(16)31-22)14-4-2-3-5-14)18-15-10-13(23(24,25)26)6-7-17(15)29-21(18)35/h6-7,10-11,14,18H,2-5,8-9H2,1H3,(H,27,34)(H,29,35)(H,28,31,32). The van der Waals surface area contributed by atoms with Gasteiger partial charge in [-0.1, -0.05) is 12.8 Å². The highest BCUT2D eigenvalue weighted by Crippen LogP contribution is 2.42. The summed E-state index contributed by atoms with van der Waals surface area (Å²) in [6.07, 6.45) is 1.37. The van der Waals surface area contributed by atoms with Crippen LogP contribution in [0.4, 0.5) is 24.8 Å². The Morgan fingerprint density at radius 1 is 1.20 bits per heavy atom. The molecule has 2 aromatic heterocycles. The number of carbonyl (C=O) groups is 2. The highest BCUT2D eigenvalue weighted by molar-refractivity contribution is 6.06. The number of fused-ring (bicyclic) bond motifs is 2. The molecule has 1 fully saturated rings. The van der Waals surface area contributed by atoms with E-state index < -0.39 is 23.6 Å². The number of aromatic nitrogens is 4. The first-order chi connectivity index (χ1) is 16.7. The zero-order valence-electron chi connectivity index (χ0n) is 18.9. The van der Waals surface area contributed by atoms with E-state index in [9.17, 15) is 22.8 Å². The first-order valence-corrected chi connectivity index (χ1v) is 11.5. The van der Waals surface area contributed by atoms with Crippen molar-refractivity contribution in [2.24, 2.45) is 0 Å². The third-order valence-corrected chi connectivity index (χ3v) is 6.39. The average Bonchev–Trinajstić information content (AvgIpc) is 3.52. The fourth-order valence-corrected chi connectivity index (χ4v) is 4.72. The van der Waals surface area contributed by atoms with E-state index in [1.165, 1.54) is 13.0 Å². The summed E-state index contributed by atoms with van der Waals surface area (Å²) >= 11 is 0. The molecule has 3 aromatic rings. The van der Waals surface area contributed by atoms with Gasteiger partial charge in [0.1, 0.15) is 5.92 Å². The Morgan fingerprint density at radius 3 is 2.69 bits per heavy atom. The molecule has 1 aliphatic heterocycles. The molecule has 0 spiro atoms. The number of rotatable bonds is 6. The van der Waals surface area contributed by atoms with Crippen molar-refractivity contribution in [2.45, 2.75) is 50.7 Å². The third-order valence-electron chi connectivity index (χ3n) is 6.39. The number of halogens is 3. The van der Waals surface area contributed by atoms with Crippen LogP contribution in [0.25, 0.3) is 11.0 Å². The summed E-state index contributed by atoms with van der Waals surface area (Å²) in [4.78, 5) is 33.2. The third kappa shape index (κ3) is 4.52. The minimum Gasteiger partial charge on any atom is -0.355 e. The highest BCUT2D eigenvalue weighted by atomic mass is 19.4. The van der Waals surface area contributed by atoms with E-state index in [0.717, 1.165) is 37.8 Å². The van der Waals surface area contributed by atoms with Gasteiger partial charge in [-0.3, -0.25) is 14.3 Å². The molecular weight excluding hydrogens is 463 g/mol. The first-order valence-electron chi connectivity index (χ1n) is 11.5. The van der Waals surface area contributed by atoms with Crippen LogP contribution in [0.2, 0.25) is 0 Å². The molecule has 0 bridgehead atoms. The summed E-state index contributed by atoms with van der Waals surface area (Å²) in [5, 5.41) is 13.5. The minimum absolute atomic E-state index is 0.182. The van der Waals surface area contributed by atoms with E-state index in [4.69, 9.17) is 0 Å². The molecule has 1 unspecified atom stereocenters. The van der Waals surface area contributed by atoms with Crippen molar-refractivity contribution in [3.63, 3.8) is 0 Å². The molecular formula is C23H24F3N7O2. The number of benzene rings is 1. The van der Waals surface area contributed by atoms with Crippen molar-refractivity contribution < 1.29 is 22.8 Å². The van der Waals surface area contributed by atoms with Crippen LogP contribution in [0.1, 0.15) is 61.4 Å². The second-order valence-corrected chi connectivity index (χ2v) is 8.85. The largest absolute Gasteiger partial charge is 0.416 e. The highest BCUT2D eigenvalue weighted by Gasteiger charge is 2.39. The van der Waals surface area contributed by atoms with E-state index in [1.807, 2.05) is 4.68 Å². The molecule has 0 radical (unpaired) electrons. The monoisotopic (exact) mass is 487 g/mol. The Kier molecular flexibility index (Phi) is 5.81. The van der Waals surface area contributed by atoms with Gasteiger partial charge in [0.05, 0.1) is 22.7 Å². The molecule has 184 valence electrons. The molecule has 1 aliphatic carbocycles. The molecule has 5 rings (SSSR count). The summed E-state index contributed by atoms with van der Waals surface area (Å²) in [5.74, 6) is -1.51. The van der Waals surface area contributed by atoms with Crippen molar-refractivity contribution in [2.75, 3.05) is 23.7 Å². The van der Waals surface area contributed by atoms with Crippen molar-refractivity contribution in [1.29, 1.82) is 0 Å². The summed E-state index contributed by atoms with van der Waals surface area (Å²) in [5.41, 5.74) is 0.345. The topological polar surface area (TPSA) is 114 Å². The van der Waals surface area contributed by atoms with E-state index in [1.54, 1.807) is 6.20 Å². The molecule has 1 aromatic carbocycles. The molecule has 2 aliphatic rings. The van der Waals surface area contributed by atoms with Gasteiger partial charge in [-0.2, -0.15) is 23.3 Å². The van der Waals surface area contributed by atoms with Gasteiger partial charge in [0.15, 0.2) is 5.65 Å². The number of hydrogen-bond donors (Lipinski definition) is 3. The quantitative estimate of drug-likeness (QED) is 0.458. The fraction of sp³-hybridized carbons (Fsp3) is 0.435. The summed E-state index contributed by atoms with van der Waals surface area (Å²) < 4.78 is 42.1. The normalized spacial score (nSPS) is 18.1. The number of amides is 2. The summed E-state index contributed by atoms with van der Waals surface area (Å²) in [6.45, 7) is 2.05. The van der Waals surface area contributed by atoms with Gasteiger partial charge < -0.3 is 16.0 Å². The smallest absolute Gasteiger partial charge is 0.355 e. The predicted octanol–water partition coefficient (Wildman–Crippen LogP) is 3.59. The molecule has 1 atom stereocenters. The lowest BCUT2D eigenvalue weighted by Crippen LogP contribution is -2.27. The number of hydrogen-bond acceptors (Lipinski definition) is 6. The van der Waals surface area contributed by atoms with Gasteiger partial charge >= 0.3 is 6.18 Å². The van der Waals surface area contributed by atoms with Gasteiger partial charge in [0, 0.05) is 31.9 Å². The molecule has 3 N–H and O–H groups in total. The van der Waals surface area contributed by atoms with Crippen LogP contribution in [0.3, 0.4) is 0 Å². The van der Waals surface area contributed by atoms with E-state index in [-0.39, 0.29) is 29.2 Å². The maximum atomic E-state index is 13.4. The van der Waals surface area contributed by atoms with Gasteiger partial charge in [0.25, 0.3) is 0 Å². The van der Waals surface area contributed by atoms with Gasteiger partial charge in [-0.15, -0.1) is 0 Å². The number of nitrogens with zero attached hydrogens (tertiary/aromatic N) is 4. The second kappa shape index (κ2) is 8.82. The van der Waals surface area contributed by atoms with Crippen LogP contribution in [-0.2, 0) is 15.8 Å². The molecule has 0 saturated heterocycles. The van der Waals surface area contributed by atoms with E-state index in [2.05, 4.69) is 31.0 Å². The van der Waals surface area contributed by atoms with Gasteiger partial charge in [-0.25, -0.2) is 4.98 Å². The molecule has 35 heavy (non-hydrogen) atoms. The van der Waals surface area contributed by atoms with Crippen molar-refractivity contribution >= 4 is 34.5 Å². The van der Waals surface area contributed by atoms with Gasteiger partial charge in [0.2, 0.25) is 17.8 Å². The maximum Gasteiger partial charge on any atom is 0.416 e. The Morgan fingerprint density at radius 2 is 1.97 bits per heavy atom. The number of carbonyl (C=O) groups excluding carboxylic acids is 2.